The minimum absolute atomic E-state index is 0.0134. The fourth-order valence-electron chi connectivity index (χ4n) is 2.08. The van der Waals surface area contributed by atoms with E-state index in [1.807, 2.05) is 0 Å². The van der Waals surface area contributed by atoms with Crippen LogP contribution in [0.5, 0.6) is 5.75 Å². The number of hydroxylamine groups is 1. The van der Waals surface area contributed by atoms with Gasteiger partial charge in [-0.25, -0.2) is 4.39 Å². The first-order chi connectivity index (χ1) is 7.76. The number of ether oxygens (including phenoxy) is 1. The van der Waals surface area contributed by atoms with Crippen molar-refractivity contribution in [3.8, 4) is 5.75 Å². The smallest absolute Gasteiger partial charge is 0.127 e. The van der Waals surface area contributed by atoms with Crippen molar-refractivity contribution < 1.29 is 14.0 Å². The van der Waals surface area contributed by atoms with Crippen LogP contribution in [0, 0.1) is 5.82 Å². The second kappa shape index (κ2) is 4.80. The van der Waals surface area contributed by atoms with Gasteiger partial charge in [-0.15, -0.1) is 0 Å². The number of halogens is 1. The van der Waals surface area contributed by atoms with Crippen molar-refractivity contribution in [2.45, 2.75) is 31.9 Å². The maximum Gasteiger partial charge on any atom is 0.127 e. The average molecular weight is 225 g/mol. The molecule has 0 spiro atoms. The molecule has 0 radical (unpaired) electrons. The predicted octanol–water partition coefficient (Wildman–Crippen LogP) is 2.58. The maximum atomic E-state index is 13.1. The van der Waals surface area contributed by atoms with Crippen LogP contribution in [0.4, 0.5) is 4.39 Å². The van der Waals surface area contributed by atoms with Crippen LogP contribution in [0.25, 0.3) is 0 Å². The highest BCUT2D eigenvalue weighted by atomic mass is 19.1. The van der Waals surface area contributed by atoms with E-state index in [1.165, 1.54) is 12.1 Å². The Balaban J connectivity index is 2.25. The standard InChI is InChI=1S/C12H16FNO2/c1-3-4-10-12(14-15-2)9-6-5-8(13)7-11(9)16-10/h5-7,10,12,14H,3-4H2,1-2H3. The Hall–Kier alpha value is -1.13. The summed E-state index contributed by atoms with van der Waals surface area (Å²) in [5.74, 6) is 0.347. The molecule has 88 valence electrons. The number of hydrogen-bond donors (Lipinski definition) is 1. The molecule has 0 fully saturated rings. The SMILES string of the molecule is CCCC1Oc2cc(F)ccc2C1NOC. The third-order valence-corrected chi connectivity index (χ3v) is 2.78. The Morgan fingerprint density at radius 1 is 1.50 bits per heavy atom. The Labute approximate surface area is 94.5 Å². The molecule has 1 aromatic carbocycles. The number of rotatable bonds is 4. The van der Waals surface area contributed by atoms with Crippen LogP contribution in [0.3, 0.4) is 0 Å². The summed E-state index contributed by atoms with van der Waals surface area (Å²) < 4.78 is 18.8. The van der Waals surface area contributed by atoms with Gasteiger partial charge in [-0.05, 0) is 12.5 Å². The zero-order chi connectivity index (χ0) is 11.5. The summed E-state index contributed by atoms with van der Waals surface area (Å²) in [7, 11) is 1.57. The summed E-state index contributed by atoms with van der Waals surface area (Å²) in [4.78, 5) is 4.97. The molecule has 4 heteroatoms. The number of hydrogen-bond acceptors (Lipinski definition) is 3. The highest BCUT2D eigenvalue weighted by molar-refractivity contribution is 5.40. The number of nitrogens with one attached hydrogen (secondary N) is 1. The maximum absolute atomic E-state index is 13.1. The van der Waals surface area contributed by atoms with Gasteiger partial charge in [0, 0.05) is 11.6 Å². The van der Waals surface area contributed by atoms with Crippen LogP contribution in [0.2, 0.25) is 0 Å². The third kappa shape index (κ3) is 2.03. The van der Waals surface area contributed by atoms with E-state index in [0.717, 1.165) is 18.4 Å². The van der Waals surface area contributed by atoms with E-state index >= 15 is 0 Å². The molecule has 1 aromatic rings. The van der Waals surface area contributed by atoms with Crippen molar-refractivity contribution in [2.75, 3.05) is 7.11 Å². The van der Waals surface area contributed by atoms with Gasteiger partial charge < -0.3 is 9.57 Å². The molecule has 0 bridgehead atoms. The second-order valence-electron chi connectivity index (χ2n) is 3.93. The molecule has 1 heterocycles. The van der Waals surface area contributed by atoms with Gasteiger partial charge in [-0.2, -0.15) is 5.48 Å². The van der Waals surface area contributed by atoms with Crippen molar-refractivity contribution in [2.24, 2.45) is 0 Å². The topological polar surface area (TPSA) is 30.5 Å². The third-order valence-electron chi connectivity index (χ3n) is 2.78. The molecule has 1 aliphatic heterocycles. The van der Waals surface area contributed by atoms with Crippen molar-refractivity contribution in [1.82, 2.24) is 5.48 Å². The van der Waals surface area contributed by atoms with Crippen molar-refractivity contribution in [3.05, 3.63) is 29.6 Å². The normalized spacial score (nSPS) is 22.9. The highest BCUT2D eigenvalue weighted by Crippen LogP contribution is 2.38. The number of benzene rings is 1. The summed E-state index contributed by atoms with van der Waals surface area (Å²) >= 11 is 0. The fraction of sp³-hybridized carbons (Fsp3) is 0.500. The molecule has 0 aromatic heterocycles. The molecule has 16 heavy (non-hydrogen) atoms. The molecule has 3 nitrogen and oxygen atoms in total. The fourth-order valence-corrected chi connectivity index (χ4v) is 2.08. The average Bonchev–Trinajstić information content (AvgIpc) is 2.57. The van der Waals surface area contributed by atoms with E-state index in [0.29, 0.717) is 5.75 Å². The van der Waals surface area contributed by atoms with Crippen LogP contribution >= 0.6 is 0 Å². The summed E-state index contributed by atoms with van der Waals surface area (Å²) in [6, 6.07) is 4.60. The van der Waals surface area contributed by atoms with E-state index in [-0.39, 0.29) is 18.0 Å². The first-order valence-corrected chi connectivity index (χ1v) is 5.51. The van der Waals surface area contributed by atoms with E-state index in [1.54, 1.807) is 13.2 Å². The predicted molar refractivity (Wildman–Crippen MR) is 58.6 cm³/mol. The van der Waals surface area contributed by atoms with Gasteiger partial charge in [0.15, 0.2) is 0 Å². The van der Waals surface area contributed by atoms with Gasteiger partial charge >= 0.3 is 0 Å². The molecule has 2 unspecified atom stereocenters. The van der Waals surface area contributed by atoms with Gasteiger partial charge in [0.05, 0.1) is 13.2 Å². The molecule has 0 saturated heterocycles. The number of fused-ring (bicyclic) bond motifs is 1. The van der Waals surface area contributed by atoms with E-state index in [9.17, 15) is 4.39 Å². The van der Waals surface area contributed by atoms with Crippen LogP contribution in [-0.2, 0) is 4.84 Å². The molecule has 0 amide bonds. The lowest BCUT2D eigenvalue weighted by molar-refractivity contribution is 0.0269. The van der Waals surface area contributed by atoms with Crippen LogP contribution in [0.15, 0.2) is 18.2 Å². The molecule has 1 aliphatic rings. The van der Waals surface area contributed by atoms with Crippen molar-refractivity contribution in [3.63, 3.8) is 0 Å². The minimum atomic E-state index is -0.271. The Kier molecular flexibility index (Phi) is 3.41. The van der Waals surface area contributed by atoms with Gasteiger partial charge in [-0.3, -0.25) is 0 Å². The molecule has 2 atom stereocenters. The molecule has 1 N–H and O–H groups in total. The van der Waals surface area contributed by atoms with Gasteiger partial charge in [-0.1, -0.05) is 19.4 Å². The first kappa shape index (κ1) is 11.4. The van der Waals surface area contributed by atoms with Gasteiger partial charge in [0.2, 0.25) is 0 Å². The summed E-state index contributed by atoms with van der Waals surface area (Å²) in [5, 5.41) is 0. The minimum Gasteiger partial charge on any atom is -0.488 e. The van der Waals surface area contributed by atoms with Crippen LogP contribution in [-0.4, -0.2) is 13.2 Å². The zero-order valence-corrected chi connectivity index (χ0v) is 9.50. The Bertz CT molecular complexity index is 370. The summed E-state index contributed by atoms with van der Waals surface area (Å²) in [6.07, 6.45) is 1.95. The van der Waals surface area contributed by atoms with Gasteiger partial charge in [0.25, 0.3) is 0 Å². The Morgan fingerprint density at radius 3 is 3.00 bits per heavy atom. The van der Waals surface area contributed by atoms with E-state index < -0.39 is 0 Å². The monoisotopic (exact) mass is 225 g/mol. The first-order valence-electron chi connectivity index (χ1n) is 5.51. The quantitative estimate of drug-likeness (QED) is 0.799. The van der Waals surface area contributed by atoms with Crippen LogP contribution in [0.1, 0.15) is 31.4 Å². The summed E-state index contributed by atoms with van der Waals surface area (Å²) in [6.45, 7) is 2.09. The molecule has 0 aliphatic carbocycles. The lowest BCUT2D eigenvalue weighted by atomic mass is 10.0. The second-order valence-corrected chi connectivity index (χ2v) is 3.93. The zero-order valence-electron chi connectivity index (χ0n) is 9.50. The van der Waals surface area contributed by atoms with Gasteiger partial charge in [0.1, 0.15) is 17.7 Å². The van der Waals surface area contributed by atoms with Crippen LogP contribution < -0.4 is 10.2 Å². The van der Waals surface area contributed by atoms with E-state index in [2.05, 4.69) is 12.4 Å². The summed E-state index contributed by atoms with van der Waals surface area (Å²) in [5.41, 5.74) is 3.87. The largest absolute Gasteiger partial charge is 0.488 e. The lowest BCUT2D eigenvalue weighted by Gasteiger charge is -2.18. The Morgan fingerprint density at radius 2 is 2.31 bits per heavy atom. The molecular weight excluding hydrogens is 209 g/mol. The lowest BCUT2D eigenvalue weighted by Crippen LogP contribution is -2.30. The van der Waals surface area contributed by atoms with E-state index in [4.69, 9.17) is 9.57 Å². The van der Waals surface area contributed by atoms with Crippen molar-refractivity contribution in [1.29, 1.82) is 0 Å². The highest BCUT2D eigenvalue weighted by Gasteiger charge is 2.33. The molecular formula is C12H16FNO2. The molecule has 2 rings (SSSR count). The van der Waals surface area contributed by atoms with Crippen molar-refractivity contribution >= 4 is 0 Å². The molecule has 0 saturated carbocycles.